The van der Waals surface area contributed by atoms with Gasteiger partial charge in [-0.3, -0.25) is 9.78 Å². The lowest BCUT2D eigenvalue weighted by Crippen LogP contribution is -2.39. The second-order valence-electron chi connectivity index (χ2n) is 3.06. The van der Waals surface area contributed by atoms with E-state index in [2.05, 4.69) is 9.72 Å². The molecular weight excluding hydrogens is 251 g/mol. The first kappa shape index (κ1) is 13.5. The van der Waals surface area contributed by atoms with Crippen LogP contribution in [-0.4, -0.2) is 32.3 Å². The molecule has 1 aromatic heterocycles. The number of hydrogen-bond acceptors (Lipinski definition) is 5. The fourth-order valence-corrected chi connectivity index (χ4v) is 2.09. The van der Waals surface area contributed by atoms with E-state index in [4.69, 9.17) is 0 Å². The van der Waals surface area contributed by atoms with Gasteiger partial charge < -0.3 is 4.74 Å². The van der Waals surface area contributed by atoms with Crippen molar-refractivity contribution >= 4 is 16.0 Å². The molecular formula is C9H11FN2O4S. The van der Waals surface area contributed by atoms with Gasteiger partial charge in [-0.2, -0.15) is 4.72 Å². The highest BCUT2D eigenvalue weighted by atomic mass is 32.2. The molecule has 0 spiro atoms. The zero-order valence-electron chi connectivity index (χ0n) is 8.96. The van der Waals surface area contributed by atoms with Crippen LogP contribution >= 0.6 is 0 Å². The number of ether oxygens (including phenoxy) is 1. The third kappa shape index (κ3) is 4.08. The van der Waals surface area contributed by atoms with Crippen molar-refractivity contribution in [2.45, 2.75) is 18.0 Å². The summed E-state index contributed by atoms with van der Waals surface area (Å²) >= 11 is 0. The van der Waals surface area contributed by atoms with Crippen molar-refractivity contribution in [3.05, 3.63) is 24.5 Å². The van der Waals surface area contributed by atoms with Gasteiger partial charge in [-0.05, 0) is 12.1 Å². The lowest BCUT2D eigenvalue weighted by molar-refractivity contribution is -0.147. The number of carbonyl (C=O) groups excluding carboxylic acids is 1. The maximum Gasteiger partial charge on any atom is 0.304 e. The number of pyridine rings is 1. The molecule has 0 bridgehead atoms. The second-order valence-corrected chi connectivity index (χ2v) is 4.78. The van der Waals surface area contributed by atoms with E-state index in [0.717, 1.165) is 13.1 Å². The largest absolute Gasteiger partial charge is 0.443 e. The lowest BCUT2D eigenvalue weighted by Gasteiger charge is -2.15. The van der Waals surface area contributed by atoms with Crippen molar-refractivity contribution in [2.75, 3.05) is 6.67 Å². The van der Waals surface area contributed by atoms with Crippen molar-refractivity contribution in [1.29, 1.82) is 0 Å². The summed E-state index contributed by atoms with van der Waals surface area (Å²) in [6.07, 6.45) is 0.973. The number of sulfonamides is 1. The zero-order valence-corrected chi connectivity index (χ0v) is 9.78. The van der Waals surface area contributed by atoms with Crippen LogP contribution in [0.1, 0.15) is 6.92 Å². The average Bonchev–Trinajstić information content (AvgIpc) is 2.28. The highest BCUT2D eigenvalue weighted by Gasteiger charge is 2.21. The first-order valence-electron chi connectivity index (χ1n) is 4.61. The van der Waals surface area contributed by atoms with Crippen LogP contribution in [0.3, 0.4) is 0 Å². The van der Waals surface area contributed by atoms with E-state index in [1.54, 1.807) is 0 Å². The summed E-state index contributed by atoms with van der Waals surface area (Å²) in [5, 5.41) is 0. The van der Waals surface area contributed by atoms with Crippen molar-refractivity contribution in [3.63, 3.8) is 0 Å². The van der Waals surface area contributed by atoms with E-state index < -0.39 is 28.9 Å². The molecule has 0 saturated heterocycles. The van der Waals surface area contributed by atoms with Crippen LogP contribution in [0.15, 0.2) is 29.4 Å². The Morgan fingerprint density at radius 2 is 2.35 bits per heavy atom. The van der Waals surface area contributed by atoms with Gasteiger partial charge in [0.2, 0.25) is 10.0 Å². The summed E-state index contributed by atoms with van der Waals surface area (Å²) in [6, 6.07) is 2.71. The first-order valence-corrected chi connectivity index (χ1v) is 6.09. The van der Waals surface area contributed by atoms with Crippen molar-refractivity contribution in [3.8, 4) is 0 Å². The number of rotatable bonds is 5. The summed E-state index contributed by atoms with van der Waals surface area (Å²) < 4.78 is 42.1. The van der Waals surface area contributed by atoms with E-state index in [0.29, 0.717) is 0 Å². The van der Waals surface area contributed by atoms with Crippen LogP contribution in [-0.2, 0) is 19.6 Å². The van der Waals surface area contributed by atoms with E-state index in [-0.39, 0.29) is 4.90 Å². The van der Waals surface area contributed by atoms with Crippen LogP contribution in [0.5, 0.6) is 0 Å². The fraction of sp³-hybridized carbons (Fsp3) is 0.333. The molecule has 1 heterocycles. The molecule has 17 heavy (non-hydrogen) atoms. The average molecular weight is 262 g/mol. The molecule has 1 N–H and O–H groups in total. The summed E-state index contributed by atoms with van der Waals surface area (Å²) in [7, 11) is -3.95. The van der Waals surface area contributed by atoms with Gasteiger partial charge in [0.25, 0.3) is 0 Å². The molecule has 0 radical (unpaired) electrons. The van der Waals surface area contributed by atoms with Gasteiger partial charge in [-0.25, -0.2) is 12.8 Å². The van der Waals surface area contributed by atoms with Gasteiger partial charge in [0.15, 0.2) is 6.23 Å². The number of nitrogens with zero attached hydrogens (tertiary/aromatic N) is 1. The van der Waals surface area contributed by atoms with Gasteiger partial charge >= 0.3 is 5.97 Å². The molecule has 0 aliphatic rings. The van der Waals surface area contributed by atoms with Crippen LogP contribution < -0.4 is 4.72 Å². The van der Waals surface area contributed by atoms with Crippen molar-refractivity contribution in [1.82, 2.24) is 9.71 Å². The Labute approximate surface area is 97.9 Å². The predicted octanol–water partition coefficient (Wildman–Crippen LogP) is 0.219. The van der Waals surface area contributed by atoms with E-state index in [1.165, 1.54) is 18.3 Å². The first-order chi connectivity index (χ1) is 7.95. The quantitative estimate of drug-likeness (QED) is 0.606. The van der Waals surface area contributed by atoms with Gasteiger partial charge in [-0.1, -0.05) is 0 Å². The highest BCUT2D eigenvalue weighted by molar-refractivity contribution is 7.89. The van der Waals surface area contributed by atoms with Crippen LogP contribution in [0, 0.1) is 0 Å². The number of alkyl halides is 1. The number of aromatic nitrogens is 1. The maximum absolute atomic E-state index is 12.4. The Morgan fingerprint density at radius 1 is 1.65 bits per heavy atom. The molecule has 1 aromatic rings. The molecule has 1 rings (SSSR count). The third-order valence-electron chi connectivity index (χ3n) is 1.68. The Kier molecular flexibility index (Phi) is 4.53. The monoisotopic (exact) mass is 262 g/mol. The molecule has 94 valence electrons. The van der Waals surface area contributed by atoms with E-state index in [1.807, 2.05) is 4.72 Å². The highest BCUT2D eigenvalue weighted by Crippen LogP contribution is 2.07. The molecule has 6 nitrogen and oxygen atoms in total. The van der Waals surface area contributed by atoms with Crippen LogP contribution in [0.4, 0.5) is 4.39 Å². The van der Waals surface area contributed by atoms with Gasteiger partial charge in [0.1, 0.15) is 11.6 Å². The topological polar surface area (TPSA) is 85.4 Å². The lowest BCUT2D eigenvalue weighted by atomic mass is 10.5. The smallest absolute Gasteiger partial charge is 0.304 e. The van der Waals surface area contributed by atoms with Crippen molar-refractivity contribution < 1.29 is 22.3 Å². The number of nitrogens with one attached hydrogen (secondary N) is 1. The molecule has 0 fully saturated rings. The zero-order chi connectivity index (χ0) is 12.9. The minimum Gasteiger partial charge on any atom is -0.443 e. The van der Waals surface area contributed by atoms with Crippen LogP contribution in [0.2, 0.25) is 0 Å². The molecule has 1 unspecified atom stereocenters. The number of carbonyl (C=O) groups is 1. The Morgan fingerprint density at radius 3 is 2.82 bits per heavy atom. The Balaban J connectivity index is 2.82. The normalized spacial score (nSPS) is 13.1. The number of esters is 1. The van der Waals surface area contributed by atoms with Crippen molar-refractivity contribution in [2.24, 2.45) is 0 Å². The minimum atomic E-state index is -3.95. The van der Waals surface area contributed by atoms with Gasteiger partial charge in [0.05, 0.1) is 0 Å². The third-order valence-corrected chi connectivity index (χ3v) is 3.11. The molecule has 0 amide bonds. The second kappa shape index (κ2) is 5.69. The van der Waals surface area contributed by atoms with Gasteiger partial charge in [0, 0.05) is 19.3 Å². The summed E-state index contributed by atoms with van der Waals surface area (Å²) in [5.41, 5.74) is 0. The van der Waals surface area contributed by atoms with Gasteiger partial charge in [-0.15, -0.1) is 0 Å². The Bertz CT molecular complexity index is 477. The Hall–Kier alpha value is -1.54. The maximum atomic E-state index is 12.4. The molecule has 0 aromatic carbocycles. The SMILES string of the molecule is CC(=O)OC(CF)NS(=O)(=O)c1cccnc1. The van der Waals surface area contributed by atoms with E-state index >= 15 is 0 Å². The number of hydrogen-bond donors (Lipinski definition) is 1. The molecule has 0 aliphatic carbocycles. The molecule has 0 saturated carbocycles. The van der Waals surface area contributed by atoms with E-state index in [9.17, 15) is 17.6 Å². The number of halogens is 1. The molecule has 0 aliphatic heterocycles. The fourth-order valence-electron chi connectivity index (χ4n) is 1.03. The summed E-state index contributed by atoms with van der Waals surface area (Å²) in [4.78, 5) is 14.1. The van der Waals surface area contributed by atoms with Crippen LogP contribution in [0.25, 0.3) is 0 Å². The minimum absolute atomic E-state index is 0.134. The summed E-state index contributed by atoms with van der Waals surface area (Å²) in [5.74, 6) is -0.776. The standard InChI is InChI=1S/C9H11FN2O4S/c1-7(13)16-9(5-10)12-17(14,15)8-3-2-4-11-6-8/h2-4,6,9,12H,5H2,1H3. The predicted molar refractivity (Wildman–Crippen MR) is 56.1 cm³/mol. The molecule has 1 atom stereocenters. The molecule has 8 heteroatoms. The summed E-state index contributed by atoms with van der Waals surface area (Å²) in [6.45, 7) is -0.0971.